The van der Waals surface area contributed by atoms with Crippen molar-refractivity contribution in [3.05, 3.63) is 0 Å². The minimum atomic E-state index is 0.248. The van der Waals surface area contributed by atoms with Crippen molar-refractivity contribution in [3.63, 3.8) is 0 Å². The molecule has 3 aliphatic heterocycles. The lowest BCUT2D eigenvalue weighted by atomic mass is 10.1. The molecule has 0 amide bonds. The molecule has 4 rings (SSSR count). The molecule has 0 aliphatic carbocycles. The summed E-state index contributed by atoms with van der Waals surface area (Å²) in [5.41, 5.74) is 0. The number of ether oxygens (including phenoxy) is 3. The highest BCUT2D eigenvalue weighted by Gasteiger charge is 2.23. The molecule has 1 N–H and O–H groups in total. The van der Waals surface area contributed by atoms with E-state index in [0.29, 0.717) is 38.3 Å². The van der Waals surface area contributed by atoms with Gasteiger partial charge in [0.1, 0.15) is 0 Å². The molecular weight excluding hydrogens is 348 g/mol. The molecule has 150 valence electrons. The minimum absolute atomic E-state index is 0.248. The van der Waals surface area contributed by atoms with Crippen molar-refractivity contribution in [2.45, 2.75) is 25.8 Å². The van der Waals surface area contributed by atoms with Gasteiger partial charge in [0.2, 0.25) is 17.8 Å². The summed E-state index contributed by atoms with van der Waals surface area (Å²) in [5.74, 6) is 2.53. The molecular formula is C18H30N6O3. The van der Waals surface area contributed by atoms with Gasteiger partial charge in [-0.1, -0.05) is 6.92 Å². The number of rotatable bonds is 4. The van der Waals surface area contributed by atoms with Gasteiger partial charge in [-0.2, -0.15) is 15.0 Å². The molecule has 0 radical (unpaired) electrons. The first-order chi connectivity index (χ1) is 13.3. The van der Waals surface area contributed by atoms with Crippen LogP contribution in [0.5, 0.6) is 0 Å². The second kappa shape index (κ2) is 8.99. The molecule has 1 unspecified atom stereocenters. The fourth-order valence-corrected chi connectivity index (χ4v) is 3.66. The maximum Gasteiger partial charge on any atom is 0.232 e. The summed E-state index contributed by atoms with van der Waals surface area (Å²) in [4.78, 5) is 18.6. The highest BCUT2D eigenvalue weighted by Crippen LogP contribution is 2.21. The average molecular weight is 378 g/mol. The maximum atomic E-state index is 5.68. The summed E-state index contributed by atoms with van der Waals surface area (Å²) in [5, 5.41) is 3.46. The number of morpholine rings is 1. The zero-order chi connectivity index (χ0) is 18.5. The van der Waals surface area contributed by atoms with Crippen molar-refractivity contribution in [2.24, 2.45) is 5.92 Å². The van der Waals surface area contributed by atoms with Gasteiger partial charge >= 0.3 is 0 Å². The van der Waals surface area contributed by atoms with Gasteiger partial charge in [-0.05, 0) is 18.8 Å². The second-order valence-electron chi connectivity index (χ2n) is 7.54. The Kier molecular flexibility index (Phi) is 6.21. The van der Waals surface area contributed by atoms with Crippen molar-refractivity contribution < 1.29 is 14.2 Å². The van der Waals surface area contributed by atoms with Crippen LogP contribution < -0.4 is 15.1 Å². The Morgan fingerprint density at radius 1 is 0.852 bits per heavy atom. The van der Waals surface area contributed by atoms with E-state index in [0.717, 1.165) is 64.1 Å². The molecule has 3 fully saturated rings. The summed E-state index contributed by atoms with van der Waals surface area (Å²) in [6.07, 6.45) is 2.13. The number of hydrogen-bond donors (Lipinski definition) is 1. The van der Waals surface area contributed by atoms with E-state index >= 15 is 0 Å². The first kappa shape index (κ1) is 18.6. The average Bonchev–Trinajstić information content (AvgIpc) is 2.94. The van der Waals surface area contributed by atoms with Gasteiger partial charge < -0.3 is 29.3 Å². The first-order valence-corrected chi connectivity index (χ1v) is 10.0. The van der Waals surface area contributed by atoms with E-state index in [2.05, 4.69) is 22.0 Å². The molecule has 0 bridgehead atoms. The molecule has 0 aromatic carbocycles. The summed E-state index contributed by atoms with van der Waals surface area (Å²) in [6, 6.07) is 0.248. The van der Waals surface area contributed by atoms with E-state index in [1.165, 1.54) is 0 Å². The van der Waals surface area contributed by atoms with E-state index in [1.807, 2.05) is 0 Å². The predicted octanol–water partition coefficient (Wildman–Crippen LogP) is 0.772. The fourth-order valence-electron chi connectivity index (χ4n) is 3.66. The van der Waals surface area contributed by atoms with Crippen molar-refractivity contribution in [2.75, 3.05) is 80.9 Å². The number of anilines is 3. The van der Waals surface area contributed by atoms with E-state index < -0.39 is 0 Å². The van der Waals surface area contributed by atoms with Gasteiger partial charge in [0, 0.05) is 32.8 Å². The number of aromatic nitrogens is 3. The topological polar surface area (TPSA) is 84.9 Å². The van der Waals surface area contributed by atoms with Crippen molar-refractivity contribution >= 4 is 17.8 Å². The fraction of sp³-hybridized carbons (Fsp3) is 0.833. The van der Waals surface area contributed by atoms with Crippen LogP contribution in [0.4, 0.5) is 17.8 Å². The Morgan fingerprint density at radius 3 is 2.33 bits per heavy atom. The van der Waals surface area contributed by atoms with Crippen molar-refractivity contribution in [1.82, 2.24) is 15.0 Å². The zero-order valence-electron chi connectivity index (χ0n) is 16.1. The lowest BCUT2D eigenvalue weighted by Crippen LogP contribution is -2.39. The standard InChI is InChI=1S/C18H30N6O3/c1-14-11-24(6-10-27-12-14)18-21-16(19-15-3-2-7-26-13-15)20-17(22-18)23-4-8-25-9-5-23/h14-15H,2-13H2,1H3,(H,19,20,21,22)/t14?,15-/m0/s1. The van der Waals surface area contributed by atoms with Crippen molar-refractivity contribution in [1.29, 1.82) is 0 Å². The summed E-state index contributed by atoms with van der Waals surface area (Å²) in [6.45, 7) is 9.90. The number of nitrogens with zero attached hydrogens (tertiary/aromatic N) is 5. The van der Waals surface area contributed by atoms with Gasteiger partial charge in [0.15, 0.2) is 0 Å². The Morgan fingerprint density at radius 2 is 1.56 bits per heavy atom. The smallest absolute Gasteiger partial charge is 0.232 e. The Hall–Kier alpha value is -1.71. The molecule has 9 heteroatoms. The molecule has 27 heavy (non-hydrogen) atoms. The molecule has 1 aromatic rings. The van der Waals surface area contributed by atoms with E-state index in [9.17, 15) is 0 Å². The number of nitrogens with one attached hydrogen (secondary N) is 1. The SMILES string of the molecule is CC1COCCN(c2nc(N[C@H]3CCCOC3)nc(N3CCOCC3)n2)C1. The largest absolute Gasteiger partial charge is 0.379 e. The van der Waals surface area contributed by atoms with Crippen LogP contribution in [0.25, 0.3) is 0 Å². The lowest BCUT2D eigenvalue weighted by molar-refractivity contribution is 0.0874. The van der Waals surface area contributed by atoms with Crippen LogP contribution in [-0.4, -0.2) is 86.8 Å². The lowest BCUT2D eigenvalue weighted by Gasteiger charge is -2.29. The van der Waals surface area contributed by atoms with E-state index in [-0.39, 0.29) is 6.04 Å². The quantitative estimate of drug-likeness (QED) is 0.816. The second-order valence-corrected chi connectivity index (χ2v) is 7.54. The van der Waals surface area contributed by atoms with Crippen LogP contribution in [0.1, 0.15) is 19.8 Å². The highest BCUT2D eigenvalue weighted by molar-refractivity contribution is 5.46. The van der Waals surface area contributed by atoms with Gasteiger partial charge in [-0.25, -0.2) is 0 Å². The Balaban J connectivity index is 1.58. The van der Waals surface area contributed by atoms with Crippen LogP contribution in [-0.2, 0) is 14.2 Å². The monoisotopic (exact) mass is 378 g/mol. The molecule has 2 atom stereocenters. The Labute approximate surface area is 160 Å². The van der Waals surface area contributed by atoms with E-state index in [4.69, 9.17) is 29.2 Å². The predicted molar refractivity (Wildman–Crippen MR) is 103 cm³/mol. The minimum Gasteiger partial charge on any atom is -0.379 e. The third-order valence-electron chi connectivity index (χ3n) is 5.12. The van der Waals surface area contributed by atoms with Gasteiger partial charge in [0.05, 0.1) is 39.1 Å². The first-order valence-electron chi connectivity index (χ1n) is 10.0. The van der Waals surface area contributed by atoms with Crippen LogP contribution >= 0.6 is 0 Å². The highest BCUT2D eigenvalue weighted by atomic mass is 16.5. The molecule has 1 aromatic heterocycles. The summed E-state index contributed by atoms with van der Waals surface area (Å²) in [7, 11) is 0. The van der Waals surface area contributed by atoms with Crippen LogP contribution in [0.2, 0.25) is 0 Å². The summed E-state index contributed by atoms with van der Waals surface area (Å²) < 4.78 is 16.8. The van der Waals surface area contributed by atoms with Gasteiger partial charge in [-0.3, -0.25) is 0 Å². The van der Waals surface area contributed by atoms with Crippen molar-refractivity contribution in [3.8, 4) is 0 Å². The Bertz CT molecular complexity index is 607. The van der Waals surface area contributed by atoms with Gasteiger partial charge in [0.25, 0.3) is 0 Å². The molecule has 3 saturated heterocycles. The van der Waals surface area contributed by atoms with E-state index in [1.54, 1.807) is 0 Å². The molecule has 0 spiro atoms. The molecule has 9 nitrogen and oxygen atoms in total. The third kappa shape index (κ3) is 4.97. The normalized spacial score (nSPS) is 27.3. The third-order valence-corrected chi connectivity index (χ3v) is 5.12. The van der Waals surface area contributed by atoms with Crippen LogP contribution in [0.3, 0.4) is 0 Å². The molecule has 4 heterocycles. The zero-order valence-corrected chi connectivity index (χ0v) is 16.1. The van der Waals surface area contributed by atoms with Crippen LogP contribution in [0.15, 0.2) is 0 Å². The molecule has 3 aliphatic rings. The molecule has 0 saturated carbocycles. The maximum absolute atomic E-state index is 5.68. The van der Waals surface area contributed by atoms with Crippen LogP contribution in [0, 0.1) is 5.92 Å². The van der Waals surface area contributed by atoms with Gasteiger partial charge in [-0.15, -0.1) is 0 Å². The summed E-state index contributed by atoms with van der Waals surface area (Å²) >= 11 is 0. The number of hydrogen-bond acceptors (Lipinski definition) is 9.